The summed E-state index contributed by atoms with van der Waals surface area (Å²) in [5, 5.41) is 8.46. The molecule has 0 radical (unpaired) electrons. The summed E-state index contributed by atoms with van der Waals surface area (Å²) in [4.78, 5) is 34.0. The number of esters is 2. The first kappa shape index (κ1) is 17.7. The normalized spacial score (nSPS) is 10.3. The van der Waals surface area contributed by atoms with Gasteiger partial charge < -0.3 is 14.6 Å². The van der Waals surface area contributed by atoms with Gasteiger partial charge in [-0.2, -0.15) is 0 Å². The number of rotatable bonds is 7. The third kappa shape index (κ3) is 5.95. The summed E-state index contributed by atoms with van der Waals surface area (Å²) in [7, 11) is 0. The quantitative estimate of drug-likeness (QED) is 0.471. The van der Waals surface area contributed by atoms with Gasteiger partial charge in [-0.15, -0.1) is 0 Å². The van der Waals surface area contributed by atoms with E-state index in [9.17, 15) is 14.4 Å². The molecule has 1 aromatic carbocycles. The van der Waals surface area contributed by atoms with E-state index in [-0.39, 0.29) is 17.7 Å². The summed E-state index contributed by atoms with van der Waals surface area (Å²) in [5.74, 6) is -1.16. The van der Waals surface area contributed by atoms with Crippen LogP contribution >= 0.6 is 0 Å². The third-order valence-corrected chi connectivity index (χ3v) is 2.96. The van der Waals surface area contributed by atoms with E-state index in [0.717, 1.165) is 19.3 Å². The minimum absolute atomic E-state index is 0.00221. The Balaban J connectivity index is 2.62. The Kier molecular flexibility index (Phi) is 7.08. The Morgan fingerprint density at radius 3 is 2.18 bits per heavy atom. The van der Waals surface area contributed by atoms with E-state index >= 15 is 0 Å². The van der Waals surface area contributed by atoms with Gasteiger partial charge in [-0.05, 0) is 30.9 Å². The fraction of sp³-hybridized carbons (Fsp3) is 0.438. The molecule has 0 saturated carbocycles. The first-order valence-electron chi connectivity index (χ1n) is 7.13. The number of benzene rings is 1. The highest BCUT2D eigenvalue weighted by molar-refractivity contribution is 6.05. The zero-order valence-electron chi connectivity index (χ0n) is 12.7. The summed E-state index contributed by atoms with van der Waals surface area (Å²) >= 11 is 0. The number of carbonyl (C=O) groups is 3. The molecule has 0 aliphatic heterocycles. The first-order chi connectivity index (χ1) is 10.4. The van der Waals surface area contributed by atoms with Gasteiger partial charge in [-0.3, -0.25) is 0 Å². The van der Waals surface area contributed by atoms with Gasteiger partial charge in [-0.25, -0.2) is 14.4 Å². The minimum atomic E-state index is -1.72. The Hall–Kier alpha value is -2.37. The van der Waals surface area contributed by atoms with Crippen LogP contribution in [0.25, 0.3) is 0 Å². The van der Waals surface area contributed by atoms with E-state index in [1.54, 1.807) is 6.07 Å². The molecule has 0 aromatic heterocycles. The molecule has 0 spiro atoms. The maximum Gasteiger partial charge on any atom is 0.513 e. The molecule has 0 bridgehead atoms. The van der Waals surface area contributed by atoms with Crippen LogP contribution in [0, 0.1) is 5.92 Å². The maximum absolute atomic E-state index is 12.0. The topological polar surface area (TPSA) is 89.9 Å². The maximum atomic E-state index is 12.0. The summed E-state index contributed by atoms with van der Waals surface area (Å²) < 4.78 is 9.18. The second-order valence-electron chi connectivity index (χ2n) is 5.23. The molecule has 0 fully saturated rings. The van der Waals surface area contributed by atoms with Crippen molar-refractivity contribution in [3.8, 4) is 0 Å². The lowest BCUT2D eigenvalue weighted by molar-refractivity contribution is 0.0454. The summed E-state index contributed by atoms with van der Waals surface area (Å²) in [6.45, 7) is 4.50. The van der Waals surface area contributed by atoms with Crippen LogP contribution in [0.15, 0.2) is 24.3 Å². The predicted molar refractivity (Wildman–Crippen MR) is 78.9 cm³/mol. The van der Waals surface area contributed by atoms with Crippen molar-refractivity contribution in [1.29, 1.82) is 0 Å². The van der Waals surface area contributed by atoms with Crippen LogP contribution < -0.4 is 0 Å². The van der Waals surface area contributed by atoms with Crippen LogP contribution in [-0.2, 0) is 9.47 Å². The smallest absolute Gasteiger partial charge is 0.462 e. The first-order valence-corrected chi connectivity index (χ1v) is 7.13. The standard InChI is InChI=1S/C16H20O6/c1-11(2)7-5-6-10-21-14(17)12-8-3-4-9-13(12)15(18)22-16(19)20/h3-4,8-9,11H,5-7,10H2,1-2H3,(H,19,20). The molecule has 22 heavy (non-hydrogen) atoms. The lowest BCUT2D eigenvalue weighted by Crippen LogP contribution is -2.16. The average Bonchev–Trinajstić information content (AvgIpc) is 2.45. The monoisotopic (exact) mass is 308 g/mol. The van der Waals surface area contributed by atoms with Gasteiger partial charge in [0.05, 0.1) is 17.7 Å². The lowest BCUT2D eigenvalue weighted by atomic mass is 10.1. The number of ether oxygens (including phenoxy) is 2. The fourth-order valence-electron chi connectivity index (χ4n) is 1.87. The molecule has 6 nitrogen and oxygen atoms in total. The van der Waals surface area contributed by atoms with Crippen molar-refractivity contribution >= 4 is 18.1 Å². The van der Waals surface area contributed by atoms with Gasteiger partial charge in [0.1, 0.15) is 0 Å². The molecular formula is C16H20O6. The van der Waals surface area contributed by atoms with Crippen LogP contribution in [0.1, 0.15) is 53.8 Å². The number of carbonyl (C=O) groups excluding carboxylic acids is 2. The van der Waals surface area contributed by atoms with Crippen molar-refractivity contribution in [3.63, 3.8) is 0 Å². The number of hydrogen-bond acceptors (Lipinski definition) is 5. The highest BCUT2D eigenvalue weighted by Gasteiger charge is 2.20. The molecule has 0 atom stereocenters. The van der Waals surface area contributed by atoms with E-state index in [1.165, 1.54) is 18.2 Å². The third-order valence-electron chi connectivity index (χ3n) is 2.96. The van der Waals surface area contributed by atoms with Crippen molar-refractivity contribution in [3.05, 3.63) is 35.4 Å². The van der Waals surface area contributed by atoms with E-state index in [4.69, 9.17) is 9.84 Å². The number of carboxylic acid groups (broad SMARTS) is 1. The van der Waals surface area contributed by atoms with E-state index in [0.29, 0.717) is 5.92 Å². The van der Waals surface area contributed by atoms with Crippen LogP contribution in [0.2, 0.25) is 0 Å². The zero-order valence-corrected chi connectivity index (χ0v) is 12.7. The Morgan fingerprint density at radius 1 is 1.05 bits per heavy atom. The molecule has 1 rings (SSSR count). The minimum Gasteiger partial charge on any atom is -0.462 e. The van der Waals surface area contributed by atoms with E-state index in [2.05, 4.69) is 18.6 Å². The molecular weight excluding hydrogens is 288 g/mol. The largest absolute Gasteiger partial charge is 0.513 e. The predicted octanol–water partition coefficient (Wildman–Crippen LogP) is 3.50. The van der Waals surface area contributed by atoms with Crippen molar-refractivity contribution in [2.24, 2.45) is 5.92 Å². The van der Waals surface area contributed by atoms with Crippen LogP contribution in [0.3, 0.4) is 0 Å². The van der Waals surface area contributed by atoms with Crippen molar-refractivity contribution in [2.45, 2.75) is 33.1 Å². The molecule has 120 valence electrons. The van der Waals surface area contributed by atoms with Gasteiger partial charge in [-0.1, -0.05) is 32.4 Å². The molecule has 1 N–H and O–H groups in total. The Morgan fingerprint density at radius 2 is 1.64 bits per heavy atom. The SMILES string of the molecule is CC(C)CCCCOC(=O)c1ccccc1C(=O)OC(=O)O. The Bertz CT molecular complexity index is 535. The van der Waals surface area contributed by atoms with Gasteiger partial charge in [0, 0.05) is 0 Å². The second-order valence-corrected chi connectivity index (χ2v) is 5.23. The Labute approximate surface area is 129 Å². The molecule has 0 heterocycles. The van der Waals surface area contributed by atoms with Crippen molar-refractivity contribution < 1.29 is 29.0 Å². The zero-order chi connectivity index (χ0) is 16.5. The molecule has 6 heteroatoms. The van der Waals surface area contributed by atoms with E-state index in [1.807, 2.05) is 0 Å². The molecule has 0 unspecified atom stereocenters. The average molecular weight is 308 g/mol. The molecule has 0 amide bonds. The fourth-order valence-corrected chi connectivity index (χ4v) is 1.87. The summed E-state index contributed by atoms with van der Waals surface area (Å²) in [6, 6.07) is 5.79. The van der Waals surface area contributed by atoms with Gasteiger partial charge in [0.15, 0.2) is 0 Å². The molecule has 0 saturated heterocycles. The molecule has 1 aromatic rings. The number of hydrogen-bond donors (Lipinski definition) is 1. The highest BCUT2D eigenvalue weighted by atomic mass is 16.7. The van der Waals surface area contributed by atoms with Gasteiger partial charge in [0.2, 0.25) is 0 Å². The summed E-state index contributed by atoms with van der Waals surface area (Å²) in [5.41, 5.74) is -0.130. The van der Waals surface area contributed by atoms with E-state index < -0.39 is 18.1 Å². The second kappa shape index (κ2) is 8.81. The molecule has 0 aliphatic carbocycles. The van der Waals surface area contributed by atoms with Gasteiger partial charge in [0.25, 0.3) is 0 Å². The van der Waals surface area contributed by atoms with Crippen molar-refractivity contribution in [2.75, 3.05) is 6.61 Å². The summed E-state index contributed by atoms with van der Waals surface area (Å²) in [6.07, 6.45) is 1.03. The van der Waals surface area contributed by atoms with Gasteiger partial charge >= 0.3 is 18.1 Å². The molecule has 0 aliphatic rings. The highest BCUT2D eigenvalue weighted by Crippen LogP contribution is 2.13. The van der Waals surface area contributed by atoms with Crippen LogP contribution in [0.4, 0.5) is 4.79 Å². The number of unbranched alkanes of at least 4 members (excludes halogenated alkanes) is 1. The lowest BCUT2D eigenvalue weighted by Gasteiger charge is -2.08. The van der Waals surface area contributed by atoms with Crippen molar-refractivity contribution in [1.82, 2.24) is 0 Å². The van der Waals surface area contributed by atoms with Crippen LogP contribution in [-0.4, -0.2) is 29.8 Å². The van der Waals surface area contributed by atoms with Crippen LogP contribution in [0.5, 0.6) is 0 Å².